The maximum atomic E-state index is 12.5. The minimum absolute atomic E-state index is 0.138. The second kappa shape index (κ2) is 4.81. The Morgan fingerprint density at radius 1 is 1.14 bits per heavy atom. The molecule has 0 amide bonds. The number of rotatable bonds is 3. The molecule has 1 aromatic rings. The Hall–Kier alpha value is -1.29. The van der Waals surface area contributed by atoms with Gasteiger partial charge in [-0.2, -0.15) is 8.78 Å². The Balaban J connectivity index is 2.74. The van der Waals surface area contributed by atoms with E-state index in [1.807, 2.05) is 0 Å². The molecule has 0 aliphatic heterocycles. The van der Waals surface area contributed by atoms with Crippen molar-refractivity contribution in [3.63, 3.8) is 0 Å². The van der Waals surface area contributed by atoms with Crippen LogP contribution in [0, 0.1) is 0 Å². The number of halogens is 3. The second-order valence-electron chi connectivity index (χ2n) is 2.31. The largest absolute Gasteiger partial charge is 0.497 e. The lowest BCUT2D eigenvalue weighted by Gasteiger charge is -2.03. The standard InChI is InChI=1S/C9H7ClF2O2/c1-13-6-2-4-7(5-3-6)14-9(12)8(10)11/h2-5H,1H3. The van der Waals surface area contributed by atoms with Crippen molar-refractivity contribution < 1.29 is 18.3 Å². The molecule has 0 saturated heterocycles. The number of benzene rings is 1. The van der Waals surface area contributed by atoms with E-state index in [1.54, 1.807) is 12.1 Å². The van der Waals surface area contributed by atoms with Gasteiger partial charge in [-0.3, -0.25) is 0 Å². The minimum atomic E-state index is -1.51. The van der Waals surface area contributed by atoms with E-state index in [0.717, 1.165) is 0 Å². The van der Waals surface area contributed by atoms with Crippen LogP contribution in [0.15, 0.2) is 35.6 Å². The van der Waals surface area contributed by atoms with Crippen molar-refractivity contribution >= 4 is 11.6 Å². The highest BCUT2D eigenvalue weighted by atomic mass is 35.5. The summed E-state index contributed by atoms with van der Waals surface area (Å²) in [5.41, 5.74) is 0. The van der Waals surface area contributed by atoms with Crippen LogP contribution in [0.2, 0.25) is 0 Å². The lowest BCUT2D eigenvalue weighted by molar-refractivity contribution is 0.285. The van der Waals surface area contributed by atoms with Crippen LogP contribution >= 0.6 is 11.6 Å². The molecule has 2 nitrogen and oxygen atoms in total. The predicted octanol–water partition coefficient (Wildman–Crippen LogP) is 3.38. The molecule has 0 aliphatic rings. The molecule has 0 unspecified atom stereocenters. The topological polar surface area (TPSA) is 18.5 Å². The van der Waals surface area contributed by atoms with Crippen molar-refractivity contribution in [1.82, 2.24) is 0 Å². The number of ether oxygens (including phenoxy) is 2. The molecule has 0 spiro atoms. The van der Waals surface area contributed by atoms with E-state index in [2.05, 4.69) is 4.74 Å². The van der Waals surface area contributed by atoms with Gasteiger partial charge < -0.3 is 9.47 Å². The van der Waals surface area contributed by atoms with Gasteiger partial charge in [0.25, 0.3) is 5.29 Å². The van der Waals surface area contributed by atoms with E-state index in [9.17, 15) is 8.78 Å². The predicted molar refractivity (Wildman–Crippen MR) is 48.7 cm³/mol. The third kappa shape index (κ3) is 2.88. The van der Waals surface area contributed by atoms with Crippen LogP contribution in [0.4, 0.5) is 8.78 Å². The summed E-state index contributed by atoms with van der Waals surface area (Å²) in [6.45, 7) is 0. The summed E-state index contributed by atoms with van der Waals surface area (Å²) in [5.74, 6) is 0.729. The fourth-order valence-corrected chi connectivity index (χ4v) is 0.824. The van der Waals surface area contributed by atoms with Gasteiger partial charge in [0.2, 0.25) is 0 Å². The first-order valence-corrected chi connectivity index (χ1v) is 4.04. The van der Waals surface area contributed by atoms with Gasteiger partial charge >= 0.3 is 6.01 Å². The first kappa shape index (κ1) is 10.8. The molecule has 0 bridgehead atoms. The minimum Gasteiger partial charge on any atom is -0.497 e. The molecule has 0 atom stereocenters. The van der Waals surface area contributed by atoms with Crippen LogP contribution in [-0.4, -0.2) is 7.11 Å². The first-order chi connectivity index (χ1) is 6.63. The van der Waals surface area contributed by atoms with Gasteiger partial charge in [-0.1, -0.05) is 0 Å². The van der Waals surface area contributed by atoms with Crippen molar-refractivity contribution in [3.05, 3.63) is 35.6 Å². The Morgan fingerprint density at radius 3 is 2.07 bits per heavy atom. The monoisotopic (exact) mass is 220 g/mol. The molecule has 5 heteroatoms. The number of hydrogen-bond donors (Lipinski definition) is 0. The van der Waals surface area contributed by atoms with Crippen LogP contribution in [-0.2, 0) is 0 Å². The first-order valence-electron chi connectivity index (χ1n) is 3.66. The fourth-order valence-electron chi connectivity index (χ4n) is 0.786. The normalized spacial score (nSPS) is 12.0. The molecule has 1 aromatic carbocycles. The zero-order valence-corrected chi connectivity index (χ0v) is 8.02. The van der Waals surface area contributed by atoms with Crippen LogP contribution in [0.3, 0.4) is 0 Å². The summed E-state index contributed by atoms with van der Waals surface area (Å²) in [6, 6.07) is 4.50. The Bertz CT molecular complexity index is 331. The lowest BCUT2D eigenvalue weighted by atomic mass is 10.3. The highest BCUT2D eigenvalue weighted by molar-refractivity contribution is 6.28. The van der Waals surface area contributed by atoms with Gasteiger partial charge in [-0.25, -0.2) is 0 Å². The van der Waals surface area contributed by atoms with E-state index < -0.39 is 11.3 Å². The molecular weight excluding hydrogens is 214 g/mol. The SMILES string of the molecule is COc1ccc(OC(F)=C(F)Cl)cc1. The van der Waals surface area contributed by atoms with Crippen molar-refractivity contribution in [2.45, 2.75) is 0 Å². The Morgan fingerprint density at radius 2 is 1.64 bits per heavy atom. The van der Waals surface area contributed by atoms with Gasteiger partial charge in [-0.05, 0) is 35.9 Å². The zero-order valence-electron chi connectivity index (χ0n) is 7.26. The van der Waals surface area contributed by atoms with Crippen molar-refractivity contribution in [3.8, 4) is 11.5 Å². The summed E-state index contributed by atoms with van der Waals surface area (Å²) in [4.78, 5) is 0. The average Bonchev–Trinajstić information content (AvgIpc) is 2.19. The average molecular weight is 221 g/mol. The van der Waals surface area contributed by atoms with E-state index in [4.69, 9.17) is 16.3 Å². The molecule has 0 aliphatic carbocycles. The molecule has 76 valence electrons. The van der Waals surface area contributed by atoms with Crippen LogP contribution in [0.5, 0.6) is 11.5 Å². The zero-order chi connectivity index (χ0) is 10.6. The Kier molecular flexibility index (Phi) is 3.71. The summed E-state index contributed by atoms with van der Waals surface area (Å²) in [7, 11) is 1.49. The maximum absolute atomic E-state index is 12.5. The number of hydrogen-bond acceptors (Lipinski definition) is 2. The molecule has 1 rings (SSSR count). The lowest BCUT2D eigenvalue weighted by Crippen LogP contribution is -1.90. The van der Waals surface area contributed by atoms with E-state index >= 15 is 0 Å². The van der Waals surface area contributed by atoms with Crippen LogP contribution in [0.25, 0.3) is 0 Å². The summed E-state index contributed by atoms with van der Waals surface area (Å²) in [6.07, 6.45) is 0. The molecule has 0 aromatic heterocycles. The van der Waals surface area contributed by atoms with Crippen LogP contribution < -0.4 is 9.47 Å². The summed E-state index contributed by atoms with van der Waals surface area (Å²) >= 11 is 4.72. The van der Waals surface area contributed by atoms with Gasteiger partial charge in [0, 0.05) is 0 Å². The maximum Gasteiger partial charge on any atom is 0.326 e. The van der Waals surface area contributed by atoms with E-state index in [1.165, 1.54) is 19.2 Å². The molecule has 0 N–H and O–H groups in total. The summed E-state index contributed by atoms with van der Waals surface area (Å²) < 4.78 is 33.8. The van der Waals surface area contributed by atoms with Gasteiger partial charge in [0.05, 0.1) is 7.11 Å². The van der Waals surface area contributed by atoms with Crippen molar-refractivity contribution in [1.29, 1.82) is 0 Å². The number of methoxy groups -OCH3 is 1. The van der Waals surface area contributed by atoms with E-state index in [-0.39, 0.29) is 5.75 Å². The third-order valence-corrected chi connectivity index (χ3v) is 1.56. The highest BCUT2D eigenvalue weighted by Gasteiger charge is 2.05. The molecular formula is C9H7ClF2O2. The molecule has 0 saturated carbocycles. The molecule has 0 fully saturated rings. The third-order valence-electron chi connectivity index (χ3n) is 1.42. The quantitative estimate of drug-likeness (QED) is 0.727. The van der Waals surface area contributed by atoms with Crippen molar-refractivity contribution in [2.75, 3.05) is 7.11 Å². The highest BCUT2D eigenvalue weighted by Crippen LogP contribution is 2.21. The summed E-state index contributed by atoms with van der Waals surface area (Å²) in [5, 5.41) is -1.51. The van der Waals surface area contributed by atoms with Crippen LogP contribution in [0.1, 0.15) is 0 Å². The van der Waals surface area contributed by atoms with Gasteiger partial charge in [-0.15, -0.1) is 0 Å². The molecule has 0 heterocycles. The Labute approximate surface area is 84.7 Å². The fraction of sp³-hybridized carbons (Fsp3) is 0.111. The molecule has 0 radical (unpaired) electrons. The van der Waals surface area contributed by atoms with Gasteiger partial charge in [0.1, 0.15) is 11.5 Å². The molecule has 14 heavy (non-hydrogen) atoms. The van der Waals surface area contributed by atoms with Crippen molar-refractivity contribution in [2.24, 2.45) is 0 Å². The second-order valence-corrected chi connectivity index (χ2v) is 2.64. The smallest absolute Gasteiger partial charge is 0.326 e. The van der Waals surface area contributed by atoms with Gasteiger partial charge in [0.15, 0.2) is 0 Å². The van der Waals surface area contributed by atoms with E-state index in [0.29, 0.717) is 5.75 Å².